The van der Waals surface area contributed by atoms with Crippen molar-refractivity contribution in [3.05, 3.63) is 64.4 Å². The summed E-state index contributed by atoms with van der Waals surface area (Å²) in [6, 6.07) is 10.7. The Morgan fingerprint density at radius 2 is 1.77 bits per heavy atom. The van der Waals surface area contributed by atoms with Crippen LogP contribution in [0.1, 0.15) is 19.8 Å². The molecule has 0 atom stereocenters. The number of methoxy groups -OCH3 is 1. The molecule has 0 saturated carbocycles. The molecular formula is C24H25N5O2. The molecule has 0 N–H and O–H groups in total. The highest BCUT2D eigenvalue weighted by Crippen LogP contribution is 2.32. The van der Waals surface area contributed by atoms with Crippen molar-refractivity contribution in [3.8, 4) is 28.3 Å². The van der Waals surface area contributed by atoms with E-state index in [9.17, 15) is 4.79 Å². The number of nitrogens with zero attached hydrogens (tertiary/aromatic N) is 5. The van der Waals surface area contributed by atoms with E-state index in [4.69, 9.17) is 16.3 Å². The SMILES string of the molecule is [C-]#[N+]c1ccc(-c2nc(N3CCC(C)CC3)n(C)c(=O)c2-c2ccc(OC)nc2)cc1. The second kappa shape index (κ2) is 8.60. The molecule has 3 heterocycles. The molecule has 1 aromatic carbocycles. The number of hydrogen-bond donors (Lipinski definition) is 0. The van der Waals surface area contributed by atoms with Crippen molar-refractivity contribution in [1.82, 2.24) is 14.5 Å². The zero-order valence-corrected chi connectivity index (χ0v) is 18.0. The highest BCUT2D eigenvalue weighted by molar-refractivity contribution is 5.81. The molecular weight excluding hydrogens is 390 g/mol. The molecule has 1 aliphatic rings. The molecule has 0 unspecified atom stereocenters. The van der Waals surface area contributed by atoms with E-state index in [-0.39, 0.29) is 5.56 Å². The third kappa shape index (κ3) is 4.02. The maximum absolute atomic E-state index is 13.6. The summed E-state index contributed by atoms with van der Waals surface area (Å²) < 4.78 is 6.79. The van der Waals surface area contributed by atoms with Gasteiger partial charge in [0.05, 0.1) is 24.9 Å². The molecule has 7 heteroatoms. The smallest absolute Gasteiger partial charge is 0.263 e. The van der Waals surface area contributed by atoms with Gasteiger partial charge in [-0.1, -0.05) is 31.2 Å². The maximum Gasteiger partial charge on any atom is 0.263 e. The third-order valence-corrected chi connectivity index (χ3v) is 5.84. The topological polar surface area (TPSA) is 64.6 Å². The largest absolute Gasteiger partial charge is 0.481 e. The number of benzene rings is 1. The first-order chi connectivity index (χ1) is 15.0. The second-order valence-electron chi connectivity index (χ2n) is 7.92. The molecule has 0 spiro atoms. The van der Waals surface area contributed by atoms with Crippen LogP contribution in [0.2, 0.25) is 0 Å². The number of ether oxygens (including phenoxy) is 1. The van der Waals surface area contributed by atoms with Gasteiger partial charge in [-0.25, -0.2) is 14.8 Å². The number of rotatable bonds is 4. The minimum absolute atomic E-state index is 0.125. The molecule has 0 amide bonds. The lowest BCUT2D eigenvalue weighted by atomic mass is 9.99. The summed E-state index contributed by atoms with van der Waals surface area (Å²) in [7, 11) is 3.33. The van der Waals surface area contributed by atoms with Crippen LogP contribution in [0, 0.1) is 12.5 Å². The highest BCUT2D eigenvalue weighted by Gasteiger charge is 2.24. The fourth-order valence-electron chi connectivity index (χ4n) is 3.89. The molecule has 158 valence electrons. The first-order valence-electron chi connectivity index (χ1n) is 10.4. The van der Waals surface area contributed by atoms with Crippen LogP contribution in [-0.2, 0) is 7.05 Å². The Morgan fingerprint density at radius 3 is 2.35 bits per heavy atom. The third-order valence-electron chi connectivity index (χ3n) is 5.84. The van der Waals surface area contributed by atoms with E-state index in [0.29, 0.717) is 40.3 Å². The Morgan fingerprint density at radius 1 is 1.10 bits per heavy atom. The molecule has 1 saturated heterocycles. The summed E-state index contributed by atoms with van der Waals surface area (Å²) in [6.07, 6.45) is 3.79. The summed E-state index contributed by atoms with van der Waals surface area (Å²) in [4.78, 5) is 28.5. The fourth-order valence-corrected chi connectivity index (χ4v) is 3.89. The fraction of sp³-hybridized carbons (Fsp3) is 0.333. The summed E-state index contributed by atoms with van der Waals surface area (Å²) in [5.74, 6) is 1.83. The number of piperidine rings is 1. The molecule has 31 heavy (non-hydrogen) atoms. The van der Waals surface area contributed by atoms with Gasteiger partial charge in [-0.15, -0.1) is 0 Å². The van der Waals surface area contributed by atoms with Crippen molar-refractivity contribution in [1.29, 1.82) is 0 Å². The molecule has 0 bridgehead atoms. The summed E-state index contributed by atoms with van der Waals surface area (Å²) in [5, 5.41) is 0. The van der Waals surface area contributed by atoms with Crippen molar-refractivity contribution in [2.24, 2.45) is 13.0 Å². The van der Waals surface area contributed by atoms with Gasteiger partial charge in [-0.05, 0) is 30.4 Å². The lowest BCUT2D eigenvalue weighted by molar-refractivity contribution is 0.398. The number of aromatic nitrogens is 3. The monoisotopic (exact) mass is 415 g/mol. The number of anilines is 1. The van der Waals surface area contributed by atoms with Gasteiger partial charge in [0.2, 0.25) is 11.8 Å². The number of hydrogen-bond acceptors (Lipinski definition) is 5. The lowest BCUT2D eigenvalue weighted by Gasteiger charge is -2.32. The summed E-state index contributed by atoms with van der Waals surface area (Å²) in [5.41, 5.74) is 2.98. The van der Waals surface area contributed by atoms with Gasteiger partial charge in [0.25, 0.3) is 5.56 Å². The first kappa shape index (κ1) is 20.6. The van der Waals surface area contributed by atoms with Crippen molar-refractivity contribution >= 4 is 11.6 Å². The van der Waals surface area contributed by atoms with Gasteiger partial charge in [-0.2, -0.15) is 0 Å². The van der Waals surface area contributed by atoms with Crippen molar-refractivity contribution in [2.45, 2.75) is 19.8 Å². The van der Waals surface area contributed by atoms with Crippen LogP contribution in [0.4, 0.5) is 11.6 Å². The lowest BCUT2D eigenvalue weighted by Crippen LogP contribution is -2.38. The maximum atomic E-state index is 13.6. The van der Waals surface area contributed by atoms with Crippen molar-refractivity contribution in [3.63, 3.8) is 0 Å². The minimum Gasteiger partial charge on any atom is -0.481 e. The van der Waals surface area contributed by atoms with Gasteiger partial charge < -0.3 is 9.64 Å². The second-order valence-corrected chi connectivity index (χ2v) is 7.92. The molecule has 7 nitrogen and oxygen atoms in total. The average Bonchev–Trinajstić information content (AvgIpc) is 2.81. The van der Waals surface area contributed by atoms with Gasteiger partial charge in [0, 0.05) is 38.0 Å². The Hall–Kier alpha value is -3.66. The van der Waals surface area contributed by atoms with Gasteiger partial charge >= 0.3 is 0 Å². The van der Waals surface area contributed by atoms with Gasteiger partial charge in [0.1, 0.15) is 0 Å². The van der Waals surface area contributed by atoms with Crippen LogP contribution < -0.4 is 15.2 Å². The van der Waals surface area contributed by atoms with Gasteiger partial charge in [-0.3, -0.25) is 9.36 Å². The predicted molar refractivity (Wildman–Crippen MR) is 122 cm³/mol. The molecule has 4 rings (SSSR count). The van der Waals surface area contributed by atoms with E-state index in [2.05, 4.69) is 21.7 Å². The molecule has 0 aliphatic carbocycles. The molecule has 1 aliphatic heterocycles. The Bertz CT molecular complexity index is 1170. The molecule has 0 radical (unpaired) electrons. The normalized spacial score (nSPS) is 14.3. The number of pyridine rings is 1. The zero-order valence-electron chi connectivity index (χ0n) is 18.0. The van der Waals surface area contributed by atoms with E-state index >= 15 is 0 Å². The van der Waals surface area contributed by atoms with E-state index in [0.717, 1.165) is 31.5 Å². The van der Waals surface area contributed by atoms with Crippen LogP contribution in [0.25, 0.3) is 27.2 Å². The Kier molecular flexibility index (Phi) is 5.72. The Balaban J connectivity index is 1.91. The van der Waals surface area contributed by atoms with E-state index < -0.39 is 0 Å². The Labute approximate surface area is 181 Å². The quantitative estimate of drug-likeness (QED) is 0.595. The molecule has 1 fully saturated rings. The minimum atomic E-state index is -0.125. The summed E-state index contributed by atoms with van der Waals surface area (Å²) >= 11 is 0. The van der Waals surface area contributed by atoms with Crippen LogP contribution >= 0.6 is 0 Å². The highest BCUT2D eigenvalue weighted by atomic mass is 16.5. The predicted octanol–water partition coefficient (Wildman–Crippen LogP) is 4.30. The summed E-state index contributed by atoms with van der Waals surface area (Å²) in [6.45, 7) is 11.2. The molecule has 3 aromatic rings. The van der Waals surface area contributed by atoms with E-state index in [1.807, 2.05) is 18.2 Å². The van der Waals surface area contributed by atoms with Crippen LogP contribution in [-0.4, -0.2) is 34.7 Å². The standard InChI is InChI=1S/C24H25N5O2/c1-16-11-13-29(14-12-16)24-27-22(17-5-8-19(25-2)9-6-17)21(23(30)28(24)3)18-7-10-20(31-4)26-15-18/h5-10,15-16H,11-14H2,1,3-4H3. The zero-order chi connectivity index (χ0) is 22.0. The van der Waals surface area contributed by atoms with Crippen molar-refractivity contribution in [2.75, 3.05) is 25.1 Å². The van der Waals surface area contributed by atoms with Crippen LogP contribution in [0.3, 0.4) is 0 Å². The van der Waals surface area contributed by atoms with E-state index in [1.54, 1.807) is 43.1 Å². The van der Waals surface area contributed by atoms with Crippen LogP contribution in [0.15, 0.2) is 47.4 Å². The first-order valence-corrected chi connectivity index (χ1v) is 10.4. The average molecular weight is 415 g/mol. The van der Waals surface area contributed by atoms with E-state index in [1.165, 1.54) is 0 Å². The van der Waals surface area contributed by atoms with Gasteiger partial charge in [0.15, 0.2) is 5.69 Å². The van der Waals surface area contributed by atoms with Crippen LogP contribution in [0.5, 0.6) is 5.88 Å². The van der Waals surface area contributed by atoms with Crippen molar-refractivity contribution < 1.29 is 4.74 Å². The molecule has 2 aromatic heterocycles.